The van der Waals surface area contributed by atoms with Crippen LogP contribution in [0, 0.1) is 11.7 Å². The molecule has 2 aliphatic rings. The maximum Gasteiger partial charge on any atom is 0.410 e. The van der Waals surface area contributed by atoms with Gasteiger partial charge in [-0.3, -0.25) is 4.79 Å². The third-order valence-corrected chi connectivity index (χ3v) is 7.45. The summed E-state index contributed by atoms with van der Waals surface area (Å²) in [5.41, 5.74) is -0.0751. The summed E-state index contributed by atoms with van der Waals surface area (Å²) in [5, 5.41) is 3.32. The number of ether oxygens (including phenoxy) is 2. The van der Waals surface area contributed by atoms with E-state index < -0.39 is 16.8 Å². The van der Waals surface area contributed by atoms with Gasteiger partial charge in [0, 0.05) is 30.4 Å². The van der Waals surface area contributed by atoms with Crippen molar-refractivity contribution in [3.63, 3.8) is 0 Å². The Hall–Kier alpha value is -2.80. The van der Waals surface area contributed by atoms with Crippen molar-refractivity contribution < 1.29 is 23.5 Å². The van der Waals surface area contributed by atoms with E-state index >= 15 is 4.39 Å². The van der Waals surface area contributed by atoms with Crippen molar-refractivity contribution in [2.45, 2.75) is 63.9 Å². The first-order chi connectivity index (χ1) is 17.0. The topological polar surface area (TPSA) is 67.9 Å². The molecule has 0 aliphatic carbocycles. The van der Waals surface area contributed by atoms with Crippen LogP contribution < -0.4 is 10.1 Å². The van der Waals surface area contributed by atoms with Gasteiger partial charge in [0.1, 0.15) is 22.6 Å². The Labute approximate surface area is 217 Å². The second-order valence-electron chi connectivity index (χ2n) is 10.7. The molecule has 1 saturated heterocycles. The summed E-state index contributed by atoms with van der Waals surface area (Å²) in [6.45, 7) is 6.89. The number of piperidine rings is 1. The molecule has 0 saturated carbocycles. The number of hydrogen-bond donors (Lipinski definition) is 1. The molecule has 1 atom stereocenters. The van der Waals surface area contributed by atoms with E-state index in [0.717, 1.165) is 25.7 Å². The average molecular weight is 517 g/mol. The number of rotatable bonds is 6. The molecule has 2 aromatic rings. The van der Waals surface area contributed by atoms with Crippen molar-refractivity contribution in [2.75, 3.05) is 25.5 Å². The van der Waals surface area contributed by atoms with Crippen LogP contribution in [0.4, 0.5) is 14.9 Å². The zero-order chi connectivity index (χ0) is 26.1. The lowest BCUT2D eigenvalue weighted by Crippen LogP contribution is -2.41. The normalized spacial score (nSPS) is 20.2. The van der Waals surface area contributed by atoms with Crippen molar-refractivity contribution in [1.82, 2.24) is 4.90 Å². The fourth-order valence-corrected chi connectivity index (χ4v) is 5.60. The fourth-order valence-electron chi connectivity index (χ4n) is 5.36. The van der Waals surface area contributed by atoms with E-state index in [4.69, 9.17) is 21.1 Å². The van der Waals surface area contributed by atoms with Gasteiger partial charge in [0.15, 0.2) is 0 Å². The van der Waals surface area contributed by atoms with E-state index in [1.807, 2.05) is 20.8 Å². The third-order valence-electron chi connectivity index (χ3n) is 7.15. The summed E-state index contributed by atoms with van der Waals surface area (Å²) in [4.78, 5) is 27.6. The first-order valence-electron chi connectivity index (χ1n) is 12.5. The van der Waals surface area contributed by atoms with Gasteiger partial charge in [-0.05, 0) is 63.6 Å². The minimum Gasteiger partial charge on any atom is -0.495 e. The van der Waals surface area contributed by atoms with Crippen molar-refractivity contribution >= 4 is 29.3 Å². The second-order valence-corrected chi connectivity index (χ2v) is 11.1. The van der Waals surface area contributed by atoms with Crippen LogP contribution in [0.25, 0.3) is 0 Å². The van der Waals surface area contributed by atoms with Gasteiger partial charge < -0.3 is 19.7 Å². The third kappa shape index (κ3) is 5.17. The van der Waals surface area contributed by atoms with E-state index in [1.165, 1.54) is 13.2 Å². The number of halogens is 2. The number of carbonyl (C=O) groups is 2. The second kappa shape index (κ2) is 10.3. The molecule has 0 aromatic heterocycles. The van der Waals surface area contributed by atoms with Crippen LogP contribution in [0.1, 0.15) is 64.0 Å². The number of benzene rings is 2. The highest BCUT2D eigenvalue weighted by molar-refractivity contribution is 6.32. The monoisotopic (exact) mass is 516 g/mol. The van der Waals surface area contributed by atoms with Crippen LogP contribution in [-0.4, -0.2) is 42.7 Å². The van der Waals surface area contributed by atoms with Crippen LogP contribution >= 0.6 is 11.6 Å². The fraction of sp³-hybridized carbons (Fsp3) is 0.500. The van der Waals surface area contributed by atoms with E-state index in [2.05, 4.69) is 5.32 Å². The van der Waals surface area contributed by atoms with Gasteiger partial charge in [0.05, 0.1) is 12.1 Å². The number of likely N-dealkylation sites (tertiary alicyclic amines) is 1. The molecule has 0 bridgehead atoms. The van der Waals surface area contributed by atoms with Crippen molar-refractivity contribution in [2.24, 2.45) is 5.92 Å². The van der Waals surface area contributed by atoms with Crippen LogP contribution in [0.5, 0.6) is 5.75 Å². The van der Waals surface area contributed by atoms with Crippen molar-refractivity contribution in [3.8, 4) is 5.75 Å². The van der Waals surface area contributed by atoms with Crippen LogP contribution in [0.15, 0.2) is 36.4 Å². The summed E-state index contributed by atoms with van der Waals surface area (Å²) in [5.74, 6) is 0.200. The summed E-state index contributed by atoms with van der Waals surface area (Å²) in [6, 6.07) is 9.87. The minimum atomic E-state index is -1.17. The van der Waals surface area contributed by atoms with Gasteiger partial charge in [-0.1, -0.05) is 42.6 Å². The van der Waals surface area contributed by atoms with E-state index in [0.29, 0.717) is 53.0 Å². The number of nitrogens with zero attached hydrogens (tertiary/aromatic N) is 1. The molecule has 0 spiro atoms. The van der Waals surface area contributed by atoms with Crippen LogP contribution in [0.2, 0.25) is 5.02 Å². The molecule has 1 unspecified atom stereocenters. The number of nitrogens with one attached hydrogen (secondary N) is 1. The number of hydrogen-bond acceptors (Lipinski definition) is 4. The highest BCUT2D eigenvalue weighted by Gasteiger charge is 2.49. The van der Waals surface area contributed by atoms with Crippen LogP contribution in [-0.2, 0) is 14.9 Å². The zero-order valence-electron chi connectivity index (χ0n) is 21.3. The van der Waals surface area contributed by atoms with E-state index in [9.17, 15) is 9.59 Å². The molecule has 1 fully saturated rings. The first-order valence-corrected chi connectivity index (χ1v) is 12.9. The molecule has 2 aliphatic heterocycles. The Morgan fingerprint density at radius 3 is 2.53 bits per heavy atom. The molecule has 2 amide bonds. The van der Waals surface area contributed by atoms with Crippen molar-refractivity contribution in [3.05, 3.63) is 58.4 Å². The summed E-state index contributed by atoms with van der Waals surface area (Å²) < 4.78 is 25.9. The number of methoxy groups -OCH3 is 1. The smallest absolute Gasteiger partial charge is 0.410 e. The predicted octanol–water partition coefficient (Wildman–Crippen LogP) is 6.54. The number of anilines is 1. The number of fused-ring (bicyclic) bond motifs is 1. The van der Waals surface area contributed by atoms with Crippen molar-refractivity contribution in [1.29, 1.82) is 0 Å². The molecule has 2 aromatic carbocycles. The molecule has 2 heterocycles. The lowest BCUT2D eigenvalue weighted by Gasteiger charge is -2.34. The molecule has 36 heavy (non-hydrogen) atoms. The SMILES string of the molecule is COc1cc2c(cc1Cl)C(CCCC1CCN(C(=O)OC(C)(C)C)CC1)(c1ccccc1F)C(=O)N2. The lowest BCUT2D eigenvalue weighted by molar-refractivity contribution is -0.119. The standard InChI is InChI=1S/C28H34ClFN2O4/c1-27(2,3)36-26(34)32-14-11-18(12-15-32)8-7-13-28(19-9-5-6-10-22(19)30)20-16-21(29)24(35-4)17-23(20)31-25(28)33/h5-6,9-10,16-18H,7-8,11-15H2,1-4H3,(H,31,33). The molecule has 194 valence electrons. The van der Waals surface area contributed by atoms with Gasteiger partial charge in [-0.25, -0.2) is 9.18 Å². The molecular weight excluding hydrogens is 483 g/mol. The largest absolute Gasteiger partial charge is 0.495 e. The highest BCUT2D eigenvalue weighted by atomic mass is 35.5. The van der Waals surface area contributed by atoms with E-state index in [1.54, 1.807) is 35.2 Å². The molecule has 0 radical (unpaired) electrons. The number of carbonyl (C=O) groups excluding carboxylic acids is 2. The molecular formula is C28H34ClFN2O4. The van der Waals surface area contributed by atoms with Gasteiger partial charge in [0.25, 0.3) is 0 Å². The molecule has 6 nitrogen and oxygen atoms in total. The Morgan fingerprint density at radius 1 is 1.19 bits per heavy atom. The minimum absolute atomic E-state index is 0.258. The summed E-state index contributed by atoms with van der Waals surface area (Å²) in [6.07, 6.45) is 3.52. The van der Waals surface area contributed by atoms with Gasteiger partial charge >= 0.3 is 6.09 Å². The first kappa shape index (κ1) is 26.3. The maximum absolute atomic E-state index is 15.1. The van der Waals surface area contributed by atoms with Gasteiger partial charge in [0.2, 0.25) is 5.91 Å². The van der Waals surface area contributed by atoms with Crippen LogP contribution in [0.3, 0.4) is 0 Å². The average Bonchev–Trinajstić information content (AvgIpc) is 3.09. The quantitative estimate of drug-likeness (QED) is 0.473. The summed E-state index contributed by atoms with van der Waals surface area (Å²) in [7, 11) is 1.52. The lowest BCUT2D eigenvalue weighted by atomic mass is 9.71. The van der Waals surface area contributed by atoms with E-state index in [-0.39, 0.29) is 12.0 Å². The Bertz CT molecular complexity index is 1140. The Kier molecular flexibility index (Phi) is 7.51. The van der Waals surface area contributed by atoms with Gasteiger partial charge in [-0.2, -0.15) is 0 Å². The molecule has 4 rings (SSSR count). The van der Waals surface area contributed by atoms with Gasteiger partial charge in [-0.15, -0.1) is 0 Å². The Morgan fingerprint density at radius 2 is 1.89 bits per heavy atom. The Balaban J connectivity index is 1.50. The summed E-state index contributed by atoms with van der Waals surface area (Å²) >= 11 is 6.45. The zero-order valence-corrected chi connectivity index (χ0v) is 22.1. The maximum atomic E-state index is 15.1. The molecule has 8 heteroatoms. The molecule has 1 N–H and O–H groups in total. The predicted molar refractivity (Wildman–Crippen MR) is 138 cm³/mol. The number of amides is 2. The highest BCUT2D eigenvalue weighted by Crippen LogP contribution is 2.50.